The van der Waals surface area contributed by atoms with E-state index in [-0.39, 0.29) is 23.7 Å². The number of carbonyl (C=O) groups is 1. The van der Waals surface area contributed by atoms with Crippen molar-refractivity contribution in [3.8, 4) is 11.8 Å². The minimum absolute atomic E-state index is 0.0795. The van der Waals surface area contributed by atoms with E-state index in [1.807, 2.05) is 0 Å². The van der Waals surface area contributed by atoms with Crippen LogP contribution in [0.15, 0.2) is 60.3 Å². The number of halogens is 1. The third-order valence-corrected chi connectivity index (χ3v) is 2.93. The van der Waals surface area contributed by atoms with Gasteiger partial charge in [-0.3, -0.25) is 4.79 Å². The quantitative estimate of drug-likeness (QED) is 0.450. The lowest BCUT2D eigenvalue weighted by molar-refractivity contribution is -0.112. The Morgan fingerprint density at radius 3 is 2.65 bits per heavy atom. The number of hydrogen-bond acceptors (Lipinski definition) is 4. The molecule has 5 nitrogen and oxygen atoms in total. The van der Waals surface area contributed by atoms with E-state index in [4.69, 9.17) is 5.26 Å². The molecule has 0 fully saturated rings. The van der Waals surface area contributed by atoms with Crippen LogP contribution in [0, 0.1) is 17.1 Å². The Morgan fingerprint density at radius 2 is 2.00 bits per heavy atom. The van der Waals surface area contributed by atoms with Gasteiger partial charge in [-0.2, -0.15) is 5.26 Å². The average molecular weight is 311 g/mol. The van der Waals surface area contributed by atoms with Gasteiger partial charge in [-0.05, 0) is 42.0 Å². The second-order valence-electron chi connectivity index (χ2n) is 4.68. The van der Waals surface area contributed by atoms with E-state index in [0.29, 0.717) is 11.3 Å². The topological polar surface area (TPSA) is 85.2 Å². The SMILES string of the molecule is N#C/C(=C/NCc1cccc(F)c1)C(=O)Nc1ccc(O)cc1. The maximum absolute atomic E-state index is 13.0. The molecule has 0 aliphatic heterocycles. The zero-order valence-electron chi connectivity index (χ0n) is 12.1. The Bertz CT molecular complexity index is 764. The van der Waals surface area contributed by atoms with E-state index in [2.05, 4.69) is 10.6 Å². The van der Waals surface area contributed by atoms with Crippen molar-refractivity contribution >= 4 is 11.6 Å². The van der Waals surface area contributed by atoms with E-state index in [1.54, 1.807) is 18.2 Å². The zero-order chi connectivity index (χ0) is 16.7. The lowest BCUT2D eigenvalue weighted by atomic mass is 10.2. The summed E-state index contributed by atoms with van der Waals surface area (Å²) >= 11 is 0. The number of phenolic OH excluding ortho intramolecular Hbond substituents is 1. The normalized spacial score (nSPS) is 10.7. The fraction of sp³-hybridized carbons (Fsp3) is 0.0588. The molecule has 0 heterocycles. The van der Waals surface area contributed by atoms with Gasteiger partial charge in [0.1, 0.15) is 23.2 Å². The van der Waals surface area contributed by atoms with Crippen LogP contribution in [0.25, 0.3) is 0 Å². The number of nitrogens with one attached hydrogen (secondary N) is 2. The number of benzene rings is 2. The van der Waals surface area contributed by atoms with Crippen LogP contribution in [-0.4, -0.2) is 11.0 Å². The Morgan fingerprint density at radius 1 is 1.26 bits per heavy atom. The molecular formula is C17H14FN3O2. The van der Waals surface area contributed by atoms with Crippen LogP contribution in [0.3, 0.4) is 0 Å². The van der Waals surface area contributed by atoms with Gasteiger partial charge in [0.05, 0.1) is 0 Å². The lowest BCUT2D eigenvalue weighted by Gasteiger charge is -2.05. The highest BCUT2D eigenvalue weighted by molar-refractivity contribution is 6.06. The molecule has 0 aliphatic rings. The number of hydrogen-bond donors (Lipinski definition) is 3. The zero-order valence-corrected chi connectivity index (χ0v) is 12.1. The van der Waals surface area contributed by atoms with Gasteiger partial charge in [0.25, 0.3) is 5.91 Å². The van der Waals surface area contributed by atoms with Crippen molar-refractivity contribution < 1.29 is 14.3 Å². The first-order valence-electron chi connectivity index (χ1n) is 6.77. The van der Waals surface area contributed by atoms with Crippen molar-refractivity contribution in [2.75, 3.05) is 5.32 Å². The maximum atomic E-state index is 13.0. The fourth-order valence-electron chi connectivity index (χ4n) is 1.81. The van der Waals surface area contributed by atoms with Crippen LogP contribution < -0.4 is 10.6 Å². The average Bonchev–Trinajstić information content (AvgIpc) is 2.54. The highest BCUT2D eigenvalue weighted by atomic mass is 19.1. The van der Waals surface area contributed by atoms with Gasteiger partial charge >= 0.3 is 0 Å². The van der Waals surface area contributed by atoms with E-state index in [1.165, 1.54) is 42.6 Å². The number of carbonyl (C=O) groups excluding carboxylic acids is 1. The molecule has 2 rings (SSSR count). The van der Waals surface area contributed by atoms with Crippen LogP contribution in [0.4, 0.5) is 10.1 Å². The molecule has 6 heteroatoms. The van der Waals surface area contributed by atoms with Crippen molar-refractivity contribution in [1.29, 1.82) is 5.26 Å². The van der Waals surface area contributed by atoms with E-state index in [0.717, 1.165) is 0 Å². The molecule has 0 saturated carbocycles. The summed E-state index contributed by atoms with van der Waals surface area (Å²) < 4.78 is 13.0. The van der Waals surface area contributed by atoms with Gasteiger partial charge in [-0.15, -0.1) is 0 Å². The number of phenols is 1. The smallest absolute Gasteiger partial charge is 0.267 e. The summed E-state index contributed by atoms with van der Waals surface area (Å²) in [5, 5.41) is 23.6. The number of nitrogens with zero attached hydrogens (tertiary/aromatic N) is 1. The van der Waals surface area contributed by atoms with Crippen LogP contribution in [0.5, 0.6) is 5.75 Å². The number of anilines is 1. The molecule has 0 unspecified atom stereocenters. The predicted molar refractivity (Wildman–Crippen MR) is 83.7 cm³/mol. The van der Waals surface area contributed by atoms with E-state index < -0.39 is 5.91 Å². The number of aromatic hydroxyl groups is 1. The summed E-state index contributed by atoms with van der Waals surface area (Å²) in [6, 6.07) is 13.7. The fourth-order valence-corrected chi connectivity index (χ4v) is 1.81. The monoisotopic (exact) mass is 311 g/mol. The molecule has 1 amide bonds. The number of nitriles is 1. The van der Waals surface area contributed by atoms with Crippen molar-refractivity contribution in [2.45, 2.75) is 6.54 Å². The molecule has 0 bridgehead atoms. The summed E-state index contributed by atoms with van der Waals surface area (Å²) in [5.41, 5.74) is 1.03. The van der Waals surface area contributed by atoms with Gasteiger partial charge in [0, 0.05) is 18.4 Å². The number of rotatable bonds is 5. The first-order valence-corrected chi connectivity index (χ1v) is 6.77. The minimum atomic E-state index is -0.579. The molecule has 0 aliphatic carbocycles. The molecular weight excluding hydrogens is 297 g/mol. The summed E-state index contributed by atoms with van der Waals surface area (Å²) in [6.07, 6.45) is 1.28. The summed E-state index contributed by atoms with van der Waals surface area (Å²) in [4.78, 5) is 12.0. The molecule has 0 aromatic heterocycles. The van der Waals surface area contributed by atoms with Crippen molar-refractivity contribution in [3.05, 3.63) is 71.7 Å². The Balaban J connectivity index is 1.96. The summed E-state index contributed by atoms with van der Waals surface area (Å²) in [6.45, 7) is 0.287. The van der Waals surface area contributed by atoms with E-state index in [9.17, 15) is 14.3 Å². The van der Waals surface area contributed by atoms with Gasteiger partial charge in [-0.1, -0.05) is 12.1 Å². The third kappa shape index (κ3) is 4.86. The molecule has 3 N–H and O–H groups in total. The third-order valence-electron chi connectivity index (χ3n) is 2.93. The second-order valence-corrected chi connectivity index (χ2v) is 4.68. The van der Waals surface area contributed by atoms with Gasteiger partial charge in [-0.25, -0.2) is 4.39 Å². The minimum Gasteiger partial charge on any atom is -0.508 e. The molecule has 0 spiro atoms. The standard InChI is InChI=1S/C17H14FN3O2/c18-14-3-1-2-12(8-14)10-20-11-13(9-19)17(23)21-15-4-6-16(22)7-5-15/h1-8,11,20,22H,10H2,(H,21,23)/b13-11-. The van der Waals surface area contributed by atoms with Gasteiger partial charge < -0.3 is 15.7 Å². The molecule has 2 aromatic carbocycles. The predicted octanol–water partition coefficient (Wildman–Crippen LogP) is 2.67. The van der Waals surface area contributed by atoms with Crippen LogP contribution in [0.1, 0.15) is 5.56 Å². The van der Waals surface area contributed by atoms with Crippen LogP contribution >= 0.6 is 0 Å². The van der Waals surface area contributed by atoms with Crippen molar-refractivity contribution in [1.82, 2.24) is 5.32 Å². The molecule has 0 atom stereocenters. The molecule has 0 saturated heterocycles. The highest BCUT2D eigenvalue weighted by Crippen LogP contribution is 2.14. The molecule has 0 radical (unpaired) electrons. The summed E-state index contributed by atoms with van der Waals surface area (Å²) in [5.74, 6) is -0.848. The van der Waals surface area contributed by atoms with Crippen LogP contribution in [0.2, 0.25) is 0 Å². The highest BCUT2D eigenvalue weighted by Gasteiger charge is 2.09. The first kappa shape index (κ1) is 16.0. The summed E-state index contributed by atoms with van der Waals surface area (Å²) in [7, 11) is 0. The van der Waals surface area contributed by atoms with Gasteiger partial charge in [0.2, 0.25) is 0 Å². The molecule has 2 aromatic rings. The van der Waals surface area contributed by atoms with Gasteiger partial charge in [0.15, 0.2) is 0 Å². The van der Waals surface area contributed by atoms with Crippen molar-refractivity contribution in [2.24, 2.45) is 0 Å². The Kier molecular flexibility index (Phi) is 5.31. The lowest BCUT2D eigenvalue weighted by Crippen LogP contribution is -2.16. The Hall–Kier alpha value is -3.33. The number of amides is 1. The van der Waals surface area contributed by atoms with Crippen LogP contribution in [-0.2, 0) is 11.3 Å². The maximum Gasteiger partial charge on any atom is 0.267 e. The second kappa shape index (κ2) is 7.61. The Labute approximate surface area is 132 Å². The largest absolute Gasteiger partial charge is 0.508 e. The molecule has 116 valence electrons. The first-order chi connectivity index (χ1) is 11.1. The van der Waals surface area contributed by atoms with E-state index >= 15 is 0 Å². The molecule has 23 heavy (non-hydrogen) atoms. The van der Waals surface area contributed by atoms with Crippen molar-refractivity contribution in [3.63, 3.8) is 0 Å².